The fourth-order valence-corrected chi connectivity index (χ4v) is 5.09. The Bertz CT molecular complexity index is 1330. The van der Waals surface area contributed by atoms with Crippen LogP contribution in [0.1, 0.15) is 20.9 Å². The zero-order valence-electron chi connectivity index (χ0n) is 16.7. The third kappa shape index (κ3) is 3.49. The molecular weight excluding hydrogens is 434 g/mol. The number of aromatic nitrogens is 2. The number of rotatable bonds is 4. The molecule has 0 radical (unpaired) electrons. The van der Waals surface area contributed by atoms with Crippen molar-refractivity contribution < 1.29 is 14.3 Å². The van der Waals surface area contributed by atoms with E-state index in [9.17, 15) is 9.59 Å². The first-order chi connectivity index (χ1) is 15.0. The molecule has 3 heterocycles. The van der Waals surface area contributed by atoms with Crippen molar-refractivity contribution in [2.75, 3.05) is 18.1 Å². The van der Waals surface area contributed by atoms with Gasteiger partial charge in [0.1, 0.15) is 9.71 Å². The van der Waals surface area contributed by atoms with Crippen LogP contribution in [0.5, 0.6) is 0 Å². The van der Waals surface area contributed by atoms with Crippen molar-refractivity contribution in [2.24, 2.45) is 0 Å². The van der Waals surface area contributed by atoms with Crippen molar-refractivity contribution in [2.45, 2.75) is 13.3 Å². The number of hydrogen-bond acceptors (Lipinski definition) is 5. The minimum Gasteiger partial charge on any atom is -0.451 e. The highest BCUT2D eigenvalue weighted by molar-refractivity contribution is 7.20. The molecule has 1 aliphatic rings. The number of para-hydroxylation sites is 2. The van der Waals surface area contributed by atoms with Gasteiger partial charge in [0.05, 0.1) is 16.4 Å². The number of carbonyl (C=O) groups is 2. The Balaban J connectivity index is 1.35. The molecule has 0 spiro atoms. The van der Waals surface area contributed by atoms with Crippen LogP contribution in [0.3, 0.4) is 0 Å². The van der Waals surface area contributed by atoms with E-state index in [2.05, 4.69) is 5.10 Å². The molecule has 0 bridgehead atoms. The number of carbonyl (C=O) groups excluding carboxylic acids is 2. The molecule has 2 aromatic heterocycles. The Labute approximate surface area is 187 Å². The summed E-state index contributed by atoms with van der Waals surface area (Å²) in [6.07, 6.45) is 0.810. The van der Waals surface area contributed by atoms with Gasteiger partial charge in [0.2, 0.25) is 0 Å². The van der Waals surface area contributed by atoms with Gasteiger partial charge < -0.3 is 9.64 Å². The Kier molecular flexibility index (Phi) is 5.00. The summed E-state index contributed by atoms with van der Waals surface area (Å²) in [6.45, 7) is 2.19. The predicted molar refractivity (Wildman–Crippen MR) is 121 cm³/mol. The number of benzene rings is 2. The van der Waals surface area contributed by atoms with Gasteiger partial charge in [-0.25, -0.2) is 9.48 Å². The average molecular weight is 452 g/mol. The molecule has 4 aromatic rings. The minimum atomic E-state index is -0.521. The Morgan fingerprint density at radius 3 is 2.68 bits per heavy atom. The summed E-state index contributed by atoms with van der Waals surface area (Å²) in [5.41, 5.74) is 3.55. The van der Waals surface area contributed by atoms with Crippen LogP contribution in [0.2, 0.25) is 5.02 Å². The molecule has 1 aliphatic heterocycles. The van der Waals surface area contributed by atoms with E-state index in [0.717, 1.165) is 39.3 Å². The van der Waals surface area contributed by atoms with Crippen LogP contribution < -0.4 is 4.90 Å². The van der Waals surface area contributed by atoms with Gasteiger partial charge >= 0.3 is 5.97 Å². The molecular formula is C23H18ClN3O3S. The van der Waals surface area contributed by atoms with Crippen LogP contribution in [-0.2, 0) is 16.0 Å². The van der Waals surface area contributed by atoms with Crippen molar-refractivity contribution in [1.29, 1.82) is 0 Å². The van der Waals surface area contributed by atoms with Gasteiger partial charge in [0.15, 0.2) is 6.61 Å². The van der Waals surface area contributed by atoms with Gasteiger partial charge in [0, 0.05) is 17.6 Å². The molecule has 0 fully saturated rings. The molecule has 156 valence electrons. The third-order valence-electron chi connectivity index (χ3n) is 5.34. The van der Waals surface area contributed by atoms with Crippen molar-refractivity contribution in [3.63, 3.8) is 0 Å². The summed E-state index contributed by atoms with van der Waals surface area (Å²) in [5, 5.41) is 5.99. The maximum atomic E-state index is 12.7. The zero-order valence-corrected chi connectivity index (χ0v) is 18.2. The number of amides is 1. The van der Waals surface area contributed by atoms with Gasteiger partial charge in [-0.05, 0) is 43.2 Å². The first kappa shape index (κ1) is 19.8. The number of aryl methyl sites for hydroxylation is 1. The fraction of sp³-hybridized carbons (Fsp3) is 0.174. The Hall–Kier alpha value is -3.16. The maximum absolute atomic E-state index is 12.7. The summed E-state index contributed by atoms with van der Waals surface area (Å²) >= 11 is 7.60. The lowest BCUT2D eigenvalue weighted by molar-refractivity contribution is -0.121. The molecule has 6 nitrogen and oxygen atoms in total. The number of nitrogens with zero attached hydrogens (tertiary/aromatic N) is 3. The second kappa shape index (κ2) is 7.83. The minimum absolute atomic E-state index is 0.224. The van der Waals surface area contributed by atoms with Gasteiger partial charge in [-0.1, -0.05) is 41.9 Å². The molecule has 0 N–H and O–H groups in total. The third-order valence-corrected chi connectivity index (χ3v) is 6.75. The van der Waals surface area contributed by atoms with Gasteiger partial charge in [0.25, 0.3) is 5.91 Å². The Morgan fingerprint density at radius 1 is 1.13 bits per heavy atom. The van der Waals surface area contributed by atoms with Crippen LogP contribution in [0.15, 0.2) is 54.6 Å². The van der Waals surface area contributed by atoms with Crippen LogP contribution in [-0.4, -0.2) is 34.8 Å². The first-order valence-electron chi connectivity index (χ1n) is 9.82. The van der Waals surface area contributed by atoms with E-state index in [1.165, 1.54) is 11.3 Å². The quantitative estimate of drug-likeness (QED) is 0.418. The SMILES string of the molecule is Cc1nn(-c2ccccc2Cl)c2sc(C(=O)OCC(=O)N3CCc4ccccc43)cc12. The van der Waals surface area contributed by atoms with E-state index in [1.54, 1.807) is 21.7 Å². The highest BCUT2D eigenvalue weighted by atomic mass is 35.5. The molecule has 31 heavy (non-hydrogen) atoms. The number of esters is 1. The van der Waals surface area contributed by atoms with Crippen LogP contribution in [0.4, 0.5) is 5.69 Å². The van der Waals surface area contributed by atoms with E-state index in [-0.39, 0.29) is 12.5 Å². The molecule has 0 saturated heterocycles. The molecule has 0 atom stereocenters. The van der Waals surface area contributed by atoms with Gasteiger partial charge in [-0.2, -0.15) is 5.10 Å². The largest absolute Gasteiger partial charge is 0.451 e. The van der Waals surface area contributed by atoms with Crippen molar-refractivity contribution >= 4 is 50.7 Å². The number of hydrogen-bond donors (Lipinski definition) is 0. The second-order valence-corrected chi connectivity index (χ2v) is 8.72. The monoisotopic (exact) mass is 451 g/mol. The highest BCUT2D eigenvalue weighted by Crippen LogP contribution is 2.33. The molecule has 1 amide bonds. The number of halogens is 1. The molecule has 8 heteroatoms. The molecule has 0 unspecified atom stereocenters. The topological polar surface area (TPSA) is 64.4 Å². The van der Waals surface area contributed by atoms with Gasteiger partial charge in [-0.15, -0.1) is 11.3 Å². The van der Waals surface area contributed by atoms with E-state index < -0.39 is 5.97 Å². The van der Waals surface area contributed by atoms with Crippen molar-refractivity contribution in [3.8, 4) is 5.69 Å². The number of ether oxygens (including phenoxy) is 1. The fourth-order valence-electron chi connectivity index (χ4n) is 3.81. The van der Waals surface area contributed by atoms with E-state index in [4.69, 9.17) is 16.3 Å². The number of fused-ring (bicyclic) bond motifs is 2. The van der Waals surface area contributed by atoms with Gasteiger partial charge in [-0.3, -0.25) is 4.79 Å². The standard InChI is InChI=1S/C23H18ClN3O3S/c1-14-16-12-20(31-22(16)27(25-14)19-9-5-3-7-17(19)24)23(29)30-13-21(28)26-11-10-15-6-2-4-8-18(15)26/h2-9,12H,10-11,13H2,1H3. The van der Waals surface area contributed by atoms with Crippen LogP contribution in [0.25, 0.3) is 15.9 Å². The zero-order chi connectivity index (χ0) is 21.5. The van der Waals surface area contributed by atoms with E-state index >= 15 is 0 Å². The maximum Gasteiger partial charge on any atom is 0.348 e. The molecule has 5 rings (SSSR count). The summed E-state index contributed by atoms with van der Waals surface area (Å²) in [5.74, 6) is -0.745. The summed E-state index contributed by atoms with van der Waals surface area (Å²) < 4.78 is 7.09. The molecule has 0 saturated carbocycles. The van der Waals surface area contributed by atoms with E-state index in [1.807, 2.05) is 49.4 Å². The molecule has 0 aliphatic carbocycles. The van der Waals surface area contributed by atoms with Crippen LogP contribution >= 0.6 is 22.9 Å². The Morgan fingerprint density at radius 2 is 1.87 bits per heavy atom. The highest BCUT2D eigenvalue weighted by Gasteiger charge is 2.26. The summed E-state index contributed by atoms with van der Waals surface area (Å²) in [7, 11) is 0. The first-order valence-corrected chi connectivity index (χ1v) is 11.0. The summed E-state index contributed by atoms with van der Waals surface area (Å²) in [4.78, 5) is 28.2. The summed E-state index contributed by atoms with van der Waals surface area (Å²) in [6, 6.07) is 16.9. The second-order valence-electron chi connectivity index (χ2n) is 7.28. The number of thiophene rings is 1. The number of anilines is 1. The van der Waals surface area contributed by atoms with E-state index in [0.29, 0.717) is 16.4 Å². The normalized spacial score (nSPS) is 12.9. The molecule has 2 aromatic carbocycles. The van der Waals surface area contributed by atoms with Crippen LogP contribution in [0, 0.1) is 6.92 Å². The lowest BCUT2D eigenvalue weighted by atomic mass is 10.2. The lowest BCUT2D eigenvalue weighted by Crippen LogP contribution is -2.33. The predicted octanol–water partition coefficient (Wildman–Crippen LogP) is 4.79. The average Bonchev–Trinajstić information content (AvgIpc) is 3.47. The lowest BCUT2D eigenvalue weighted by Gasteiger charge is -2.16. The van der Waals surface area contributed by atoms with Crippen molar-refractivity contribution in [1.82, 2.24) is 9.78 Å². The smallest absolute Gasteiger partial charge is 0.348 e. The van der Waals surface area contributed by atoms with Crippen molar-refractivity contribution in [3.05, 3.63) is 75.8 Å².